The van der Waals surface area contributed by atoms with Gasteiger partial charge in [-0.1, -0.05) is 37.1 Å². The summed E-state index contributed by atoms with van der Waals surface area (Å²) in [6, 6.07) is 13.5. The van der Waals surface area contributed by atoms with Crippen LogP contribution in [0, 0.1) is 10.1 Å². The molecule has 9 heteroatoms. The number of thioether (sulfide) groups is 1. The van der Waals surface area contributed by atoms with E-state index < -0.39 is 4.92 Å². The second-order valence-corrected chi connectivity index (χ2v) is 7.91. The summed E-state index contributed by atoms with van der Waals surface area (Å²) >= 11 is 1.73. The van der Waals surface area contributed by atoms with Crippen molar-refractivity contribution in [1.29, 1.82) is 0 Å². The summed E-state index contributed by atoms with van der Waals surface area (Å²) in [6.45, 7) is 4.23. The topological polar surface area (TPSA) is 111 Å². The maximum absolute atomic E-state index is 12.1. The first-order valence-electron chi connectivity index (χ1n) is 8.54. The summed E-state index contributed by atoms with van der Waals surface area (Å²) in [5.41, 5.74) is 1.39. The van der Waals surface area contributed by atoms with Crippen molar-refractivity contribution >= 4 is 29.4 Å². The van der Waals surface area contributed by atoms with E-state index in [1.807, 2.05) is 24.3 Å². The van der Waals surface area contributed by atoms with Crippen LogP contribution in [0.4, 0.5) is 11.7 Å². The van der Waals surface area contributed by atoms with E-state index in [4.69, 9.17) is 4.42 Å². The Morgan fingerprint density at radius 3 is 2.64 bits per heavy atom. The van der Waals surface area contributed by atoms with E-state index in [9.17, 15) is 14.9 Å². The molecule has 0 aliphatic carbocycles. The molecule has 1 amide bonds. The van der Waals surface area contributed by atoms with E-state index in [-0.39, 0.29) is 24.0 Å². The van der Waals surface area contributed by atoms with Gasteiger partial charge in [-0.3, -0.25) is 20.2 Å². The highest BCUT2D eigenvalue weighted by atomic mass is 32.2. The van der Waals surface area contributed by atoms with E-state index in [1.54, 1.807) is 11.8 Å². The largest absolute Gasteiger partial charge is 0.403 e. The van der Waals surface area contributed by atoms with Crippen LogP contribution < -0.4 is 5.32 Å². The lowest BCUT2D eigenvalue weighted by molar-refractivity contribution is -0.384. The Morgan fingerprint density at radius 1 is 1.21 bits per heavy atom. The van der Waals surface area contributed by atoms with Crippen molar-refractivity contribution in [2.24, 2.45) is 0 Å². The van der Waals surface area contributed by atoms with Crippen LogP contribution in [0.15, 0.2) is 57.8 Å². The van der Waals surface area contributed by atoms with Gasteiger partial charge in [0, 0.05) is 27.8 Å². The number of aromatic nitrogens is 2. The summed E-state index contributed by atoms with van der Waals surface area (Å²) in [6.07, 6.45) is 0.0379. The minimum Gasteiger partial charge on any atom is -0.403 e. The molecule has 0 saturated carbocycles. The third-order valence-corrected chi connectivity index (χ3v) is 4.63. The van der Waals surface area contributed by atoms with Crippen molar-refractivity contribution < 1.29 is 14.1 Å². The fraction of sp³-hybridized carbons (Fsp3) is 0.211. The molecule has 0 fully saturated rings. The minimum atomic E-state index is -0.488. The van der Waals surface area contributed by atoms with Gasteiger partial charge in [-0.2, -0.15) is 0 Å². The van der Waals surface area contributed by atoms with E-state index in [0.29, 0.717) is 16.7 Å². The lowest BCUT2D eigenvalue weighted by atomic mass is 10.1. The number of anilines is 1. The van der Waals surface area contributed by atoms with Gasteiger partial charge in [0.1, 0.15) is 0 Å². The molecule has 1 aromatic heterocycles. The van der Waals surface area contributed by atoms with Gasteiger partial charge in [0.15, 0.2) is 0 Å². The van der Waals surface area contributed by atoms with Gasteiger partial charge in [-0.25, -0.2) is 0 Å². The first-order valence-corrected chi connectivity index (χ1v) is 9.42. The highest BCUT2D eigenvalue weighted by Crippen LogP contribution is 2.28. The summed E-state index contributed by atoms with van der Waals surface area (Å²) in [7, 11) is 0. The van der Waals surface area contributed by atoms with Crippen molar-refractivity contribution in [2.45, 2.75) is 30.4 Å². The zero-order valence-electron chi connectivity index (χ0n) is 15.3. The average molecular weight is 398 g/mol. The molecule has 8 nitrogen and oxygen atoms in total. The van der Waals surface area contributed by atoms with Crippen molar-refractivity contribution in [3.8, 4) is 11.5 Å². The van der Waals surface area contributed by atoms with E-state index in [0.717, 1.165) is 10.5 Å². The highest BCUT2D eigenvalue weighted by Gasteiger charge is 2.13. The molecule has 28 heavy (non-hydrogen) atoms. The molecule has 0 aliphatic heterocycles. The molecule has 3 rings (SSSR count). The summed E-state index contributed by atoms with van der Waals surface area (Å²) in [5.74, 6) is -0.0370. The zero-order valence-corrected chi connectivity index (χ0v) is 16.1. The number of nitrogens with one attached hydrogen (secondary N) is 1. The molecule has 0 aliphatic rings. The molecule has 0 radical (unpaired) electrons. The van der Waals surface area contributed by atoms with Crippen molar-refractivity contribution in [3.05, 3.63) is 64.2 Å². The second-order valence-electron chi connectivity index (χ2n) is 6.26. The number of nitro groups is 1. The van der Waals surface area contributed by atoms with Crippen LogP contribution in [0.1, 0.15) is 19.4 Å². The summed E-state index contributed by atoms with van der Waals surface area (Å²) in [5, 5.41) is 21.5. The van der Waals surface area contributed by atoms with Crippen LogP contribution in [-0.2, 0) is 11.2 Å². The van der Waals surface area contributed by atoms with Crippen LogP contribution in [-0.4, -0.2) is 26.3 Å². The molecule has 1 heterocycles. The standard InChI is InChI=1S/C19H18N4O4S/c1-12(2)28-16-5-3-4-14(11-16)18-21-22-19(27-18)20-17(24)10-13-6-8-15(9-7-13)23(25)26/h3-9,11-12H,10H2,1-2H3,(H,20,22,24). The second kappa shape index (κ2) is 8.66. The third-order valence-electron chi connectivity index (χ3n) is 3.64. The fourth-order valence-corrected chi connectivity index (χ4v) is 3.35. The van der Waals surface area contributed by atoms with Gasteiger partial charge in [0.25, 0.3) is 5.69 Å². The molecule has 0 bridgehead atoms. The van der Waals surface area contributed by atoms with Crippen molar-refractivity contribution in [1.82, 2.24) is 10.2 Å². The van der Waals surface area contributed by atoms with E-state index in [2.05, 4.69) is 29.4 Å². The third kappa shape index (κ3) is 5.17. The molecule has 2 aromatic carbocycles. The molecule has 0 saturated heterocycles. The van der Waals surface area contributed by atoms with Crippen LogP contribution in [0.3, 0.4) is 0 Å². The number of nitrogens with zero attached hydrogens (tertiary/aromatic N) is 3. The van der Waals surface area contributed by atoms with E-state index >= 15 is 0 Å². The molecular weight excluding hydrogens is 380 g/mol. The maximum atomic E-state index is 12.1. The molecular formula is C19H18N4O4S. The lowest BCUT2D eigenvalue weighted by Gasteiger charge is -2.05. The maximum Gasteiger partial charge on any atom is 0.322 e. The predicted octanol–water partition coefficient (Wildman–Crippen LogP) is 4.33. The number of nitro benzene ring substituents is 1. The molecule has 0 spiro atoms. The van der Waals surface area contributed by atoms with Crippen LogP contribution in [0.2, 0.25) is 0 Å². The Morgan fingerprint density at radius 2 is 1.96 bits per heavy atom. The number of carbonyl (C=O) groups is 1. The lowest BCUT2D eigenvalue weighted by Crippen LogP contribution is -2.14. The number of hydrogen-bond acceptors (Lipinski definition) is 7. The SMILES string of the molecule is CC(C)Sc1cccc(-c2nnc(NC(=O)Cc3ccc([N+](=O)[O-])cc3)o2)c1. The smallest absolute Gasteiger partial charge is 0.322 e. The van der Waals surface area contributed by atoms with Crippen LogP contribution >= 0.6 is 11.8 Å². The normalized spacial score (nSPS) is 10.8. The Labute approximate surface area is 165 Å². The fourth-order valence-electron chi connectivity index (χ4n) is 2.45. The van der Waals surface area contributed by atoms with Gasteiger partial charge >= 0.3 is 6.01 Å². The van der Waals surface area contributed by atoms with Crippen molar-refractivity contribution in [3.63, 3.8) is 0 Å². The van der Waals surface area contributed by atoms with Gasteiger partial charge in [-0.05, 0) is 23.8 Å². The minimum absolute atomic E-state index is 0.00354. The number of hydrogen-bond donors (Lipinski definition) is 1. The molecule has 1 N–H and O–H groups in total. The average Bonchev–Trinajstić information content (AvgIpc) is 3.10. The highest BCUT2D eigenvalue weighted by molar-refractivity contribution is 7.99. The summed E-state index contributed by atoms with van der Waals surface area (Å²) < 4.78 is 5.54. The van der Waals surface area contributed by atoms with Gasteiger partial charge in [-0.15, -0.1) is 16.9 Å². The monoisotopic (exact) mass is 398 g/mol. The Kier molecular flexibility index (Phi) is 6.05. The zero-order chi connectivity index (χ0) is 20.1. The Balaban J connectivity index is 1.64. The molecule has 144 valence electrons. The molecule has 0 unspecified atom stereocenters. The number of benzene rings is 2. The Bertz CT molecular complexity index is 986. The first-order chi connectivity index (χ1) is 13.4. The number of amides is 1. The van der Waals surface area contributed by atoms with Crippen LogP contribution in [0.5, 0.6) is 0 Å². The molecule has 3 aromatic rings. The first kappa shape index (κ1) is 19.6. The number of carbonyl (C=O) groups excluding carboxylic acids is 1. The quantitative estimate of drug-likeness (QED) is 0.358. The number of rotatable bonds is 7. The van der Waals surface area contributed by atoms with Gasteiger partial charge < -0.3 is 4.42 Å². The van der Waals surface area contributed by atoms with Gasteiger partial charge in [0.2, 0.25) is 11.8 Å². The van der Waals surface area contributed by atoms with Gasteiger partial charge in [0.05, 0.1) is 11.3 Å². The number of non-ortho nitro benzene ring substituents is 1. The molecule has 0 atom stereocenters. The summed E-state index contributed by atoms with van der Waals surface area (Å²) in [4.78, 5) is 23.4. The predicted molar refractivity (Wildman–Crippen MR) is 106 cm³/mol. The van der Waals surface area contributed by atoms with Crippen molar-refractivity contribution in [2.75, 3.05) is 5.32 Å². The van der Waals surface area contributed by atoms with E-state index in [1.165, 1.54) is 24.3 Å². The Hall–Kier alpha value is -3.20. The van der Waals surface area contributed by atoms with Crippen LogP contribution in [0.25, 0.3) is 11.5 Å².